The monoisotopic (exact) mass is 455 g/mol. The molecule has 0 aliphatic rings. The zero-order valence-corrected chi connectivity index (χ0v) is 18.4. The minimum absolute atomic E-state index is 0.194. The second-order valence-electron chi connectivity index (χ2n) is 7.82. The Morgan fingerprint density at radius 3 is 2.71 bits per heavy atom. The normalized spacial score (nSPS) is 11.2. The van der Waals surface area contributed by atoms with Crippen molar-refractivity contribution in [3.8, 4) is 5.82 Å². The molecule has 4 aromatic heterocycles. The highest BCUT2D eigenvalue weighted by Crippen LogP contribution is 2.16. The number of rotatable bonds is 6. The molecule has 10 nitrogen and oxygen atoms in total. The maximum Gasteiger partial charge on any atom is 0.329 e. The minimum Gasteiger partial charge on any atom is -0.348 e. The molecule has 0 saturated carbocycles. The van der Waals surface area contributed by atoms with E-state index in [0.717, 1.165) is 22.4 Å². The highest BCUT2D eigenvalue weighted by Gasteiger charge is 2.13. The van der Waals surface area contributed by atoms with E-state index >= 15 is 0 Å². The summed E-state index contributed by atoms with van der Waals surface area (Å²) in [5, 5.41) is 3.01. The molecule has 0 bridgehead atoms. The first-order chi connectivity index (χ1) is 16.5. The van der Waals surface area contributed by atoms with Gasteiger partial charge in [0.05, 0.1) is 22.0 Å². The Morgan fingerprint density at radius 2 is 1.91 bits per heavy atom. The van der Waals surface area contributed by atoms with Gasteiger partial charge in [-0.3, -0.25) is 23.7 Å². The topological polar surface area (TPSA) is 128 Å². The van der Waals surface area contributed by atoms with E-state index in [-0.39, 0.29) is 29.0 Å². The van der Waals surface area contributed by atoms with Crippen molar-refractivity contribution in [2.75, 3.05) is 0 Å². The van der Waals surface area contributed by atoms with E-state index in [1.54, 1.807) is 12.5 Å². The summed E-state index contributed by atoms with van der Waals surface area (Å²) < 4.78 is 3.29. The number of pyridine rings is 2. The molecular weight excluding hydrogens is 434 g/mol. The van der Waals surface area contributed by atoms with E-state index in [0.29, 0.717) is 13.0 Å². The van der Waals surface area contributed by atoms with Gasteiger partial charge in [-0.2, -0.15) is 0 Å². The number of hydrogen-bond acceptors (Lipinski definition) is 6. The van der Waals surface area contributed by atoms with Crippen LogP contribution in [0, 0.1) is 0 Å². The average Bonchev–Trinajstić information content (AvgIpc) is 3.29. The molecule has 170 valence electrons. The molecule has 34 heavy (non-hydrogen) atoms. The van der Waals surface area contributed by atoms with E-state index in [9.17, 15) is 14.4 Å². The van der Waals surface area contributed by atoms with Gasteiger partial charge < -0.3 is 5.32 Å². The molecule has 0 aliphatic carbocycles. The van der Waals surface area contributed by atoms with Gasteiger partial charge in [0, 0.05) is 25.5 Å². The number of H-pyrrole nitrogens is 1. The lowest BCUT2D eigenvalue weighted by Gasteiger charge is -2.09. The number of aromatic nitrogens is 6. The first-order valence-corrected chi connectivity index (χ1v) is 10.8. The number of carbonyl (C=O) groups excluding carboxylic acids is 1. The summed E-state index contributed by atoms with van der Waals surface area (Å²) in [7, 11) is 0. The number of aryl methyl sites for hydroxylation is 1. The van der Waals surface area contributed by atoms with Crippen molar-refractivity contribution < 1.29 is 4.79 Å². The van der Waals surface area contributed by atoms with Crippen LogP contribution in [0.4, 0.5) is 0 Å². The van der Waals surface area contributed by atoms with Gasteiger partial charge in [-0.1, -0.05) is 25.1 Å². The van der Waals surface area contributed by atoms with E-state index < -0.39 is 11.2 Å². The van der Waals surface area contributed by atoms with Crippen LogP contribution in [0.3, 0.4) is 0 Å². The molecule has 0 aliphatic heterocycles. The number of amides is 1. The van der Waals surface area contributed by atoms with E-state index in [4.69, 9.17) is 0 Å². The van der Waals surface area contributed by atoms with Gasteiger partial charge >= 0.3 is 5.69 Å². The summed E-state index contributed by atoms with van der Waals surface area (Å²) >= 11 is 0. The maximum atomic E-state index is 12.7. The molecule has 0 atom stereocenters. The van der Waals surface area contributed by atoms with Crippen LogP contribution in [0.5, 0.6) is 0 Å². The van der Waals surface area contributed by atoms with Gasteiger partial charge in [-0.05, 0) is 36.2 Å². The fraction of sp³-hybridized carbons (Fsp3) is 0.167. The number of nitrogens with zero attached hydrogens (tertiary/aromatic N) is 5. The zero-order valence-electron chi connectivity index (χ0n) is 18.4. The lowest BCUT2D eigenvalue weighted by molar-refractivity contribution is 0.0950. The van der Waals surface area contributed by atoms with E-state index in [1.807, 2.05) is 47.9 Å². The molecule has 0 unspecified atom stereocenters. The summed E-state index contributed by atoms with van der Waals surface area (Å²) in [4.78, 5) is 52.4. The Bertz CT molecular complexity index is 1630. The van der Waals surface area contributed by atoms with Crippen molar-refractivity contribution in [2.45, 2.75) is 26.4 Å². The summed E-state index contributed by atoms with van der Waals surface area (Å²) in [6.45, 7) is 2.59. The van der Waals surface area contributed by atoms with Crippen LogP contribution in [0.2, 0.25) is 0 Å². The SMILES string of the molecule is CCCn1c(=O)[nH]c(=O)c2cc(C(=O)NCc3ccc(-n4cnc5ccccc54)nc3)cnc21. The first-order valence-electron chi connectivity index (χ1n) is 10.8. The third kappa shape index (κ3) is 3.85. The van der Waals surface area contributed by atoms with Gasteiger partial charge in [0.25, 0.3) is 11.5 Å². The number of imidazole rings is 1. The standard InChI is InChI=1S/C24H21N7O3/c1-2-9-30-21-17(23(33)29-24(30)34)10-16(13-26-21)22(32)27-12-15-7-8-20(25-11-15)31-14-28-18-5-3-4-6-19(18)31/h3-8,10-11,13-14H,2,9,12H2,1H3,(H,27,32)(H,29,33,34). The largest absolute Gasteiger partial charge is 0.348 e. The van der Waals surface area contributed by atoms with Crippen LogP contribution in [-0.4, -0.2) is 35.0 Å². The first kappa shape index (κ1) is 21.3. The quantitative estimate of drug-likeness (QED) is 0.404. The highest BCUT2D eigenvalue weighted by atomic mass is 16.2. The lowest BCUT2D eigenvalue weighted by atomic mass is 10.2. The summed E-state index contributed by atoms with van der Waals surface area (Å²) in [5.41, 5.74) is 2.07. The van der Waals surface area contributed by atoms with Gasteiger partial charge in [0.2, 0.25) is 0 Å². The van der Waals surface area contributed by atoms with Crippen molar-refractivity contribution in [1.29, 1.82) is 0 Å². The molecule has 0 fully saturated rings. The molecule has 0 spiro atoms. The molecule has 0 radical (unpaired) electrons. The van der Waals surface area contributed by atoms with E-state index in [1.165, 1.54) is 16.8 Å². The number of carbonyl (C=O) groups is 1. The van der Waals surface area contributed by atoms with Crippen LogP contribution in [0.15, 0.2) is 70.8 Å². The molecule has 5 aromatic rings. The third-order valence-corrected chi connectivity index (χ3v) is 5.50. The van der Waals surface area contributed by atoms with Crippen LogP contribution in [0.1, 0.15) is 29.3 Å². The molecule has 4 heterocycles. The summed E-state index contributed by atoms with van der Waals surface area (Å²) in [5.74, 6) is 0.339. The molecule has 1 amide bonds. The Morgan fingerprint density at radius 1 is 1.06 bits per heavy atom. The van der Waals surface area contributed by atoms with Crippen molar-refractivity contribution >= 4 is 28.0 Å². The van der Waals surface area contributed by atoms with Gasteiger partial charge in [0.15, 0.2) is 0 Å². The average molecular weight is 455 g/mol. The van der Waals surface area contributed by atoms with Gasteiger partial charge in [0.1, 0.15) is 17.8 Å². The third-order valence-electron chi connectivity index (χ3n) is 5.50. The number of benzene rings is 1. The van der Waals surface area contributed by atoms with Crippen LogP contribution in [-0.2, 0) is 13.1 Å². The second kappa shape index (κ2) is 8.74. The lowest BCUT2D eigenvalue weighted by Crippen LogP contribution is -2.31. The second-order valence-corrected chi connectivity index (χ2v) is 7.82. The van der Waals surface area contributed by atoms with E-state index in [2.05, 4.69) is 25.3 Å². The number of aromatic amines is 1. The number of nitrogens with one attached hydrogen (secondary N) is 2. The Labute approximate surface area is 192 Å². The van der Waals surface area contributed by atoms with Crippen LogP contribution in [0.25, 0.3) is 27.9 Å². The zero-order chi connectivity index (χ0) is 23.7. The van der Waals surface area contributed by atoms with Gasteiger partial charge in [-0.25, -0.2) is 19.7 Å². The van der Waals surface area contributed by atoms with Crippen molar-refractivity contribution in [3.63, 3.8) is 0 Å². The number of hydrogen-bond donors (Lipinski definition) is 2. The molecule has 0 saturated heterocycles. The summed E-state index contributed by atoms with van der Waals surface area (Å²) in [6.07, 6.45) is 5.49. The Balaban J connectivity index is 1.33. The molecular formula is C24H21N7O3. The highest BCUT2D eigenvalue weighted by molar-refractivity contribution is 5.96. The minimum atomic E-state index is -0.568. The van der Waals surface area contributed by atoms with Crippen molar-refractivity contribution in [1.82, 2.24) is 34.4 Å². The van der Waals surface area contributed by atoms with Crippen molar-refractivity contribution in [2.24, 2.45) is 0 Å². The fourth-order valence-corrected chi connectivity index (χ4v) is 3.81. The Hall–Kier alpha value is -4.60. The molecule has 5 rings (SSSR count). The molecule has 1 aromatic carbocycles. The van der Waals surface area contributed by atoms with Crippen molar-refractivity contribution in [3.05, 3.63) is 93.2 Å². The Kier molecular flexibility index (Phi) is 5.46. The predicted octanol–water partition coefficient (Wildman–Crippen LogP) is 2.16. The smallest absolute Gasteiger partial charge is 0.329 e. The summed E-state index contributed by atoms with van der Waals surface area (Å²) in [6, 6.07) is 13.0. The molecule has 10 heteroatoms. The maximum absolute atomic E-state index is 12.7. The fourth-order valence-electron chi connectivity index (χ4n) is 3.81. The predicted molar refractivity (Wildman–Crippen MR) is 127 cm³/mol. The van der Waals surface area contributed by atoms with Crippen LogP contribution < -0.4 is 16.6 Å². The number of para-hydroxylation sites is 2. The number of fused-ring (bicyclic) bond motifs is 2. The molecule has 2 N–H and O–H groups in total. The van der Waals surface area contributed by atoms with Gasteiger partial charge in [-0.15, -0.1) is 0 Å². The van der Waals surface area contributed by atoms with Crippen LogP contribution >= 0.6 is 0 Å².